The minimum absolute atomic E-state index is 0.00277. The number of hydrogen-bond donors (Lipinski definition) is 1. The summed E-state index contributed by atoms with van der Waals surface area (Å²) >= 11 is 0. The summed E-state index contributed by atoms with van der Waals surface area (Å²) in [7, 11) is -3.71. The number of rotatable bonds is 8. The van der Waals surface area contributed by atoms with Crippen LogP contribution < -0.4 is 9.46 Å². The molecule has 29 heavy (non-hydrogen) atoms. The van der Waals surface area contributed by atoms with Gasteiger partial charge in [0.05, 0.1) is 16.4 Å². The Labute approximate surface area is 169 Å². The van der Waals surface area contributed by atoms with Crippen LogP contribution in [0.4, 0.5) is 5.69 Å². The first kappa shape index (κ1) is 20.5. The van der Waals surface area contributed by atoms with Crippen LogP contribution in [0.1, 0.15) is 17.2 Å². The maximum Gasteiger partial charge on any atom is 0.269 e. The molecule has 7 nitrogen and oxygen atoms in total. The van der Waals surface area contributed by atoms with Crippen LogP contribution >= 0.6 is 0 Å². The van der Waals surface area contributed by atoms with Gasteiger partial charge < -0.3 is 4.74 Å². The highest BCUT2D eigenvalue weighted by atomic mass is 32.2. The third-order valence-corrected chi connectivity index (χ3v) is 5.73. The zero-order valence-corrected chi connectivity index (χ0v) is 16.5. The molecule has 0 radical (unpaired) electrons. The Balaban J connectivity index is 1.79. The fourth-order valence-corrected chi connectivity index (χ4v) is 3.72. The van der Waals surface area contributed by atoms with Crippen molar-refractivity contribution in [1.29, 1.82) is 0 Å². The van der Waals surface area contributed by atoms with E-state index in [0.29, 0.717) is 5.75 Å². The van der Waals surface area contributed by atoms with Gasteiger partial charge in [-0.1, -0.05) is 48.0 Å². The number of nitrogens with one attached hydrogen (secondary N) is 1. The normalized spacial score (nSPS) is 12.3. The molecule has 3 aromatic carbocycles. The first-order chi connectivity index (χ1) is 13.8. The molecule has 0 aromatic heterocycles. The van der Waals surface area contributed by atoms with Gasteiger partial charge in [0.25, 0.3) is 5.69 Å². The van der Waals surface area contributed by atoms with Gasteiger partial charge in [0.2, 0.25) is 10.0 Å². The summed E-state index contributed by atoms with van der Waals surface area (Å²) in [6, 6.07) is 21.4. The molecule has 0 aliphatic carbocycles. The largest absolute Gasteiger partial charge is 0.484 e. The number of sulfonamides is 1. The molecule has 0 aliphatic heterocycles. The van der Waals surface area contributed by atoms with Gasteiger partial charge in [0, 0.05) is 12.1 Å². The zero-order valence-electron chi connectivity index (χ0n) is 15.7. The van der Waals surface area contributed by atoms with Crippen molar-refractivity contribution in [2.75, 3.05) is 6.54 Å². The SMILES string of the molecule is Cc1ccc(S(=O)(=O)NC[C@H](Oc2ccc([N+](=O)[O-])cc2)c2ccccc2)cc1. The summed E-state index contributed by atoms with van der Waals surface area (Å²) in [5, 5.41) is 10.8. The second-order valence-corrected chi connectivity index (χ2v) is 8.20. The lowest BCUT2D eigenvalue weighted by Crippen LogP contribution is -2.30. The Kier molecular flexibility index (Phi) is 6.26. The molecule has 3 rings (SSSR count). The van der Waals surface area contributed by atoms with Crippen LogP contribution in [-0.4, -0.2) is 19.9 Å². The second-order valence-electron chi connectivity index (χ2n) is 6.43. The minimum Gasteiger partial charge on any atom is -0.484 e. The molecule has 8 heteroatoms. The van der Waals surface area contributed by atoms with Crippen molar-refractivity contribution < 1.29 is 18.1 Å². The number of hydrogen-bond acceptors (Lipinski definition) is 5. The average Bonchev–Trinajstić information content (AvgIpc) is 2.72. The Hall–Kier alpha value is -3.23. The van der Waals surface area contributed by atoms with Gasteiger partial charge in [-0.2, -0.15) is 0 Å². The molecule has 0 heterocycles. The molecule has 1 N–H and O–H groups in total. The van der Waals surface area contributed by atoms with Crippen LogP contribution in [0, 0.1) is 17.0 Å². The molecule has 0 bridgehead atoms. The third-order valence-electron chi connectivity index (χ3n) is 4.29. The number of non-ortho nitro benzene ring substituents is 1. The molecule has 0 spiro atoms. The number of aryl methyl sites for hydroxylation is 1. The fraction of sp³-hybridized carbons (Fsp3) is 0.143. The van der Waals surface area contributed by atoms with Crippen LogP contribution in [0.3, 0.4) is 0 Å². The van der Waals surface area contributed by atoms with Crippen LogP contribution in [0.25, 0.3) is 0 Å². The summed E-state index contributed by atoms with van der Waals surface area (Å²) < 4.78 is 33.7. The van der Waals surface area contributed by atoms with Gasteiger partial charge in [-0.25, -0.2) is 13.1 Å². The van der Waals surface area contributed by atoms with Crippen LogP contribution in [0.2, 0.25) is 0 Å². The van der Waals surface area contributed by atoms with E-state index in [4.69, 9.17) is 4.74 Å². The number of benzene rings is 3. The van der Waals surface area contributed by atoms with Crippen molar-refractivity contribution in [2.45, 2.75) is 17.9 Å². The van der Waals surface area contributed by atoms with Gasteiger partial charge in [-0.3, -0.25) is 10.1 Å². The smallest absolute Gasteiger partial charge is 0.269 e. The van der Waals surface area contributed by atoms with E-state index in [9.17, 15) is 18.5 Å². The lowest BCUT2D eigenvalue weighted by atomic mass is 10.1. The minimum atomic E-state index is -3.71. The highest BCUT2D eigenvalue weighted by Gasteiger charge is 2.20. The number of nitro benzene ring substituents is 1. The van der Waals surface area contributed by atoms with E-state index >= 15 is 0 Å². The van der Waals surface area contributed by atoms with Crippen LogP contribution in [0.15, 0.2) is 83.8 Å². The summed E-state index contributed by atoms with van der Waals surface area (Å²) in [6.45, 7) is 1.88. The average molecular weight is 412 g/mol. The molecular weight excluding hydrogens is 392 g/mol. The molecule has 0 saturated heterocycles. The van der Waals surface area contributed by atoms with E-state index in [2.05, 4.69) is 4.72 Å². The van der Waals surface area contributed by atoms with Crippen molar-refractivity contribution in [3.05, 3.63) is 100 Å². The lowest BCUT2D eigenvalue weighted by molar-refractivity contribution is -0.384. The van der Waals surface area contributed by atoms with Gasteiger partial charge >= 0.3 is 0 Å². The Morgan fingerprint density at radius 1 is 0.966 bits per heavy atom. The maximum atomic E-state index is 12.6. The molecule has 0 saturated carbocycles. The first-order valence-electron chi connectivity index (χ1n) is 8.87. The standard InChI is InChI=1S/C21H20N2O5S/c1-16-7-13-20(14-8-16)29(26,27)22-15-21(17-5-3-2-4-6-17)28-19-11-9-18(10-12-19)23(24)25/h2-14,21-22H,15H2,1H3/t21-/m0/s1. The lowest BCUT2D eigenvalue weighted by Gasteiger charge is -2.20. The Morgan fingerprint density at radius 3 is 2.17 bits per heavy atom. The molecule has 0 aliphatic rings. The van der Waals surface area contributed by atoms with E-state index in [-0.39, 0.29) is 17.1 Å². The highest BCUT2D eigenvalue weighted by molar-refractivity contribution is 7.89. The van der Waals surface area contributed by atoms with E-state index < -0.39 is 21.1 Å². The fourth-order valence-electron chi connectivity index (χ4n) is 2.69. The van der Waals surface area contributed by atoms with Gasteiger partial charge in [0.1, 0.15) is 11.9 Å². The first-order valence-corrected chi connectivity index (χ1v) is 10.4. The molecular formula is C21H20N2O5S. The van der Waals surface area contributed by atoms with E-state index in [1.54, 1.807) is 24.3 Å². The molecule has 0 fully saturated rings. The number of nitro groups is 1. The molecule has 0 unspecified atom stereocenters. The Bertz CT molecular complexity index is 1070. The van der Waals surface area contributed by atoms with Gasteiger partial charge in [-0.05, 0) is 36.8 Å². The van der Waals surface area contributed by atoms with Crippen LogP contribution in [-0.2, 0) is 10.0 Å². The number of nitrogens with zero attached hydrogens (tertiary/aromatic N) is 1. The Morgan fingerprint density at radius 2 is 1.59 bits per heavy atom. The van der Waals surface area contributed by atoms with Gasteiger partial charge in [-0.15, -0.1) is 0 Å². The van der Waals surface area contributed by atoms with E-state index in [1.165, 1.54) is 24.3 Å². The monoisotopic (exact) mass is 412 g/mol. The summed E-state index contributed by atoms with van der Waals surface area (Å²) in [5.41, 5.74) is 1.69. The molecule has 3 aromatic rings. The number of ether oxygens (including phenoxy) is 1. The van der Waals surface area contributed by atoms with Crippen molar-refractivity contribution in [3.63, 3.8) is 0 Å². The maximum absolute atomic E-state index is 12.6. The topological polar surface area (TPSA) is 98.5 Å². The van der Waals surface area contributed by atoms with E-state index in [1.807, 2.05) is 37.3 Å². The van der Waals surface area contributed by atoms with Crippen molar-refractivity contribution in [2.24, 2.45) is 0 Å². The molecule has 0 amide bonds. The van der Waals surface area contributed by atoms with E-state index in [0.717, 1.165) is 11.1 Å². The summed E-state index contributed by atoms with van der Waals surface area (Å²) in [6.07, 6.45) is -0.613. The molecule has 150 valence electrons. The predicted molar refractivity (Wildman–Crippen MR) is 109 cm³/mol. The predicted octanol–water partition coefficient (Wildman–Crippen LogP) is 4.00. The molecule has 1 atom stereocenters. The second kappa shape index (κ2) is 8.85. The highest BCUT2D eigenvalue weighted by Crippen LogP contribution is 2.24. The third kappa shape index (κ3) is 5.40. The summed E-state index contributed by atoms with van der Waals surface area (Å²) in [4.78, 5) is 10.5. The van der Waals surface area contributed by atoms with Crippen molar-refractivity contribution >= 4 is 15.7 Å². The van der Waals surface area contributed by atoms with Crippen LogP contribution in [0.5, 0.6) is 5.75 Å². The summed E-state index contributed by atoms with van der Waals surface area (Å²) in [5.74, 6) is 0.402. The zero-order chi connectivity index (χ0) is 20.9. The quantitative estimate of drug-likeness (QED) is 0.445. The van der Waals surface area contributed by atoms with Crippen molar-refractivity contribution in [3.8, 4) is 5.75 Å². The van der Waals surface area contributed by atoms with Gasteiger partial charge in [0.15, 0.2) is 0 Å². The van der Waals surface area contributed by atoms with Crippen molar-refractivity contribution in [1.82, 2.24) is 4.72 Å².